The molecular formula is C24H28FN7O. The molecule has 2 aliphatic heterocycles. The highest BCUT2D eigenvalue weighted by Crippen LogP contribution is 2.47. The molecule has 9 heteroatoms. The van der Waals surface area contributed by atoms with E-state index in [2.05, 4.69) is 58.8 Å². The molecule has 2 unspecified atom stereocenters. The van der Waals surface area contributed by atoms with Crippen LogP contribution in [0.25, 0.3) is 0 Å². The summed E-state index contributed by atoms with van der Waals surface area (Å²) in [5, 5.41) is 4.85. The van der Waals surface area contributed by atoms with Crippen LogP contribution in [0.3, 0.4) is 0 Å². The molecule has 5 rings (SSSR count). The maximum absolute atomic E-state index is 14.7. The molecule has 3 heterocycles. The Hall–Kier alpha value is -3.17. The number of aromatic nitrogens is 3. The number of benzene rings is 1. The van der Waals surface area contributed by atoms with Gasteiger partial charge in [0.2, 0.25) is 0 Å². The molecule has 2 aromatic rings. The van der Waals surface area contributed by atoms with Crippen molar-refractivity contribution in [3.8, 4) is 0 Å². The average Bonchev–Trinajstić information content (AvgIpc) is 3.19. The quantitative estimate of drug-likeness (QED) is 0.707. The van der Waals surface area contributed by atoms with E-state index >= 15 is 0 Å². The number of halogens is 1. The number of aliphatic imine (C=N–C) groups is 1. The van der Waals surface area contributed by atoms with E-state index in [1.165, 1.54) is 17.2 Å². The number of aryl methyl sites for hydroxylation is 1. The first-order valence-corrected chi connectivity index (χ1v) is 11.3. The summed E-state index contributed by atoms with van der Waals surface area (Å²) in [5.41, 5.74) is 7.93. The van der Waals surface area contributed by atoms with E-state index in [4.69, 9.17) is 4.99 Å². The number of nitrogens with zero attached hydrogens (tertiary/aromatic N) is 6. The molecule has 3 aliphatic rings. The lowest BCUT2D eigenvalue weighted by atomic mass is 9.69. The predicted molar refractivity (Wildman–Crippen MR) is 123 cm³/mol. The fraction of sp³-hybridized carbons (Fsp3) is 0.417. The summed E-state index contributed by atoms with van der Waals surface area (Å²) in [6.45, 7) is 3.92. The maximum atomic E-state index is 14.7. The van der Waals surface area contributed by atoms with Crippen LogP contribution in [0.5, 0.6) is 0 Å². The largest absolute Gasteiger partial charge is 0.305 e. The van der Waals surface area contributed by atoms with Crippen LogP contribution in [0.15, 0.2) is 58.5 Å². The van der Waals surface area contributed by atoms with Crippen LogP contribution in [0.2, 0.25) is 0 Å². The zero-order chi connectivity index (χ0) is 23.1. The Morgan fingerprint density at radius 3 is 2.76 bits per heavy atom. The summed E-state index contributed by atoms with van der Waals surface area (Å²) in [5.74, 6) is 0.396. The maximum Gasteiger partial charge on any atom is 0.179 e. The van der Waals surface area contributed by atoms with Gasteiger partial charge in [0.25, 0.3) is 0 Å². The molecule has 172 valence electrons. The molecule has 1 aromatic heterocycles. The third-order valence-electron chi connectivity index (χ3n) is 6.50. The van der Waals surface area contributed by atoms with Crippen molar-refractivity contribution < 1.29 is 9.28 Å². The van der Waals surface area contributed by atoms with Crippen molar-refractivity contribution in [2.75, 3.05) is 27.2 Å². The molecular weight excluding hydrogens is 421 g/mol. The van der Waals surface area contributed by atoms with Gasteiger partial charge >= 0.3 is 0 Å². The second-order valence-electron chi connectivity index (χ2n) is 8.99. The van der Waals surface area contributed by atoms with Crippen molar-refractivity contribution in [3.63, 3.8) is 0 Å². The Labute approximate surface area is 192 Å². The van der Waals surface area contributed by atoms with Crippen LogP contribution in [-0.4, -0.2) is 63.6 Å². The Balaban J connectivity index is 1.66. The van der Waals surface area contributed by atoms with Crippen molar-refractivity contribution >= 4 is 11.5 Å². The molecule has 0 radical (unpaired) electrons. The van der Waals surface area contributed by atoms with Crippen LogP contribution in [0, 0.1) is 0 Å². The van der Waals surface area contributed by atoms with E-state index < -0.39 is 0 Å². The van der Waals surface area contributed by atoms with Gasteiger partial charge in [0.15, 0.2) is 5.78 Å². The second-order valence-corrected chi connectivity index (χ2v) is 8.99. The Kier molecular flexibility index (Phi) is 5.67. The van der Waals surface area contributed by atoms with Gasteiger partial charge < -0.3 is 4.90 Å². The van der Waals surface area contributed by atoms with Gasteiger partial charge in [0.05, 0.1) is 11.6 Å². The summed E-state index contributed by atoms with van der Waals surface area (Å²) < 4.78 is 16.6. The Morgan fingerprint density at radius 2 is 2.03 bits per heavy atom. The Bertz CT molecular complexity index is 1160. The van der Waals surface area contributed by atoms with Crippen LogP contribution >= 0.6 is 0 Å². The minimum absolute atomic E-state index is 0.00525. The third-order valence-corrected chi connectivity index (χ3v) is 6.50. The van der Waals surface area contributed by atoms with Crippen molar-refractivity contribution in [2.45, 2.75) is 38.3 Å². The van der Waals surface area contributed by atoms with Gasteiger partial charge in [-0.2, -0.15) is 5.10 Å². The summed E-state index contributed by atoms with van der Waals surface area (Å²) in [4.78, 5) is 23.9. The van der Waals surface area contributed by atoms with Gasteiger partial charge in [-0.25, -0.2) is 15.1 Å². The van der Waals surface area contributed by atoms with Crippen LogP contribution in [0.1, 0.15) is 42.1 Å². The fourth-order valence-corrected chi connectivity index (χ4v) is 5.11. The van der Waals surface area contributed by atoms with Crippen molar-refractivity contribution in [1.29, 1.82) is 0 Å². The van der Waals surface area contributed by atoms with Crippen LogP contribution in [-0.2, 0) is 17.9 Å². The topological polar surface area (TPSA) is 78.6 Å². The lowest BCUT2D eigenvalue weighted by Gasteiger charge is -2.39. The van der Waals surface area contributed by atoms with Gasteiger partial charge in [0, 0.05) is 37.2 Å². The first kappa shape index (κ1) is 21.7. The van der Waals surface area contributed by atoms with Crippen LogP contribution < -0.4 is 5.43 Å². The normalized spacial score (nSPS) is 22.8. The summed E-state index contributed by atoms with van der Waals surface area (Å²) in [7, 11) is 4.11. The van der Waals surface area contributed by atoms with Crippen LogP contribution in [0.4, 0.5) is 4.48 Å². The molecule has 33 heavy (non-hydrogen) atoms. The highest BCUT2D eigenvalue weighted by molar-refractivity contribution is 6.13. The molecule has 1 aliphatic carbocycles. The Morgan fingerprint density at radius 1 is 1.24 bits per heavy atom. The first-order chi connectivity index (χ1) is 16.0. The zero-order valence-electron chi connectivity index (χ0n) is 19.1. The molecule has 1 N–H and O–H groups in total. The van der Waals surface area contributed by atoms with E-state index in [0.29, 0.717) is 18.3 Å². The number of ketones is 1. The molecule has 0 fully saturated rings. The molecule has 0 bridgehead atoms. The van der Waals surface area contributed by atoms with Gasteiger partial charge in [-0.3, -0.25) is 9.79 Å². The lowest BCUT2D eigenvalue weighted by molar-refractivity contribution is -0.113. The molecule has 2 atom stereocenters. The monoisotopic (exact) mass is 449 g/mol. The summed E-state index contributed by atoms with van der Waals surface area (Å²) in [6, 6.07) is 8.66. The third kappa shape index (κ3) is 3.91. The highest BCUT2D eigenvalue weighted by Gasteiger charge is 2.44. The molecule has 8 nitrogen and oxygen atoms in total. The number of allylic oxidation sites excluding steroid dienone is 1. The zero-order valence-corrected chi connectivity index (χ0v) is 19.1. The van der Waals surface area contributed by atoms with Crippen molar-refractivity contribution in [1.82, 2.24) is 30.3 Å². The van der Waals surface area contributed by atoms with E-state index in [-0.39, 0.29) is 29.9 Å². The minimum Gasteiger partial charge on any atom is -0.305 e. The van der Waals surface area contributed by atoms with E-state index in [1.807, 2.05) is 11.6 Å². The number of nitrogens with one attached hydrogen (secondary N) is 1. The highest BCUT2D eigenvalue weighted by atomic mass is 19.2. The van der Waals surface area contributed by atoms with Crippen molar-refractivity contribution in [3.05, 3.63) is 70.5 Å². The van der Waals surface area contributed by atoms with Gasteiger partial charge in [-0.05, 0) is 44.1 Å². The number of hydrogen-bond acceptors (Lipinski definition) is 7. The summed E-state index contributed by atoms with van der Waals surface area (Å²) in [6.07, 6.45) is 3.63. The molecule has 0 spiro atoms. The SMILES string of the molecule is CCn1ncnc1C1C2=NCC(=O)C=C3C2=C(CNN3F)CC1c1ccc(CN(C)C)cc1. The minimum atomic E-state index is -0.230. The lowest BCUT2D eigenvalue weighted by Crippen LogP contribution is -2.43. The number of carbonyl (C=O) groups excluding carboxylic acids is 1. The standard InChI is InChI=1S/C24H28FN7O/c1-4-31-24(27-14-29-31)22-19(16-7-5-15(6-8-16)13-30(2)3)9-17-11-28-32(25)20-10-18(33)12-26-23(22)21(17)20/h5-8,10,14,19,22,28H,4,9,11-13H2,1-3H3. The van der Waals surface area contributed by atoms with E-state index in [0.717, 1.165) is 35.6 Å². The van der Waals surface area contributed by atoms with Gasteiger partial charge in [-0.1, -0.05) is 28.7 Å². The molecule has 0 saturated carbocycles. The van der Waals surface area contributed by atoms with Gasteiger partial charge in [0.1, 0.15) is 24.4 Å². The number of carbonyl (C=O) groups is 1. The molecule has 0 amide bonds. The average molecular weight is 450 g/mol. The van der Waals surface area contributed by atoms with E-state index in [9.17, 15) is 9.28 Å². The molecule has 0 saturated heterocycles. The summed E-state index contributed by atoms with van der Waals surface area (Å²) >= 11 is 0. The predicted octanol–water partition coefficient (Wildman–Crippen LogP) is 2.54. The second kappa shape index (κ2) is 8.64. The van der Waals surface area contributed by atoms with Crippen molar-refractivity contribution in [2.24, 2.45) is 4.99 Å². The number of hydrazine groups is 1. The fourth-order valence-electron chi connectivity index (χ4n) is 5.11. The first-order valence-electron chi connectivity index (χ1n) is 11.3. The molecule has 1 aromatic carbocycles. The number of hydrogen-bond donors (Lipinski definition) is 1. The van der Waals surface area contributed by atoms with E-state index in [1.54, 1.807) is 6.33 Å². The number of rotatable bonds is 5. The smallest absolute Gasteiger partial charge is 0.179 e. The van der Waals surface area contributed by atoms with Gasteiger partial charge in [-0.15, -0.1) is 5.23 Å².